The molecule has 0 aromatic heterocycles. The number of rotatable bonds is 37. The smallest absolute Gasteiger partial charge is 0.462 e. The van der Waals surface area contributed by atoms with Gasteiger partial charge in [0.15, 0.2) is 6.10 Å². The Morgan fingerprint density at radius 1 is 0.692 bits per heavy atom. The van der Waals surface area contributed by atoms with Crippen LogP contribution in [0, 0.1) is 0 Å². The molecule has 2 unspecified atom stereocenters. The molecule has 0 fully saturated rings. The molecule has 0 aromatic rings. The lowest BCUT2D eigenvalue weighted by Gasteiger charge is -2.19. The number of phosphoric acid groups is 1. The number of allylic oxidation sites excluding steroid dienone is 7. The van der Waals surface area contributed by atoms with Crippen molar-refractivity contribution in [1.82, 2.24) is 0 Å². The van der Waals surface area contributed by atoms with Crippen LogP contribution in [0.15, 0.2) is 48.6 Å². The maximum absolute atomic E-state index is 12.5. The first-order chi connectivity index (χ1) is 25.2. The predicted molar refractivity (Wildman–Crippen MR) is 212 cm³/mol. The Hall–Kier alpha value is -2.07. The zero-order chi connectivity index (χ0) is 38.4. The van der Waals surface area contributed by atoms with Gasteiger partial charge in [-0.2, -0.15) is 0 Å². The van der Waals surface area contributed by atoms with E-state index in [0.29, 0.717) is 19.3 Å². The maximum atomic E-state index is 12.5. The fourth-order valence-corrected chi connectivity index (χ4v) is 6.05. The number of carbonyl (C=O) groups excluding carboxylic acids is 2. The zero-order valence-corrected chi connectivity index (χ0v) is 33.5. The van der Waals surface area contributed by atoms with Crippen molar-refractivity contribution in [2.75, 3.05) is 26.4 Å². The molecule has 0 amide bonds. The average molecular weight is 756 g/mol. The molecule has 0 saturated carbocycles. The molecule has 10 nitrogen and oxygen atoms in total. The SMILES string of the molecule is CC/C=C/C/C=C/C=C/C(O)CCCCCCCC(=O)O[C@H](COC(=O)CCCCCCCCC/C=C\CCCCCC)COP(=O)(O)OCCN. The second kappa shape index (κ2) is 37.3. The third-order valence-corrected chi connectivity index (χ3v) is 9.29. The molecule has 0 aliphatic rings. The zero-order valence-electron chi connectivity index (χ0n) is 32.6. The lowest BCUT2D eigenvalue weighted by atomic mass is 10.1. The van der Waals surface area contributed by atoms with E-state index in [2.05, 4.69) is 38.2 Å². The number of unbranched alkanes of at least 4 members (excludes halogenated alkanes) is 15. The van der Waals surface area contributed by atoms with Crippen molar-refractivity contribution in [2.45, 2.75) is 174 Å². The van der Waals surface area contributed by atoms with E-state index < -0.39 is 38.6 Å². The van der Waals surface area contributed by atoms with Crippen molar-refractivity contribution in [2.24, 2.45) is 5.73 Å². The second-order valence-electron chi connectivity index (χ2n) is 13.3. The van der Waals surface area contributed by atoms with Gasteiger partial charge in [0.25, 0.3) is 0 Å². The summed E-state index contributed by atoms with van der Waals surface area (Å²) in [5, 5.41) is 10.1. The van der Waals surface area contributed by atoms with Gasteiger partial charge < -0.3 is 25.2 Å². The molecule has 0 aromatic carbocycles. The van der Waals surface area contributed by atoms with Gasteiger partial charge in [0.2, 0.25) is 0 Å². The highest BCUT2D eigenvalue weighted by molar-refractivity contribution is 7.47. The molecule has 3 atom stereocenters. The van der Waals surface area contributed by atoms with Gasteiger partial charge in [-0.15, -0.1) is 0 Å². The molecule has 0 saturated heterocycles. The summed E-state index contributed by atoms with van der Waals surface area (Å²) in [7, 11) is -4.40. The largest absolute Gasteiger partial charge is 0.472 e. The van der Waals surface area contributed by atoms with Crippen LogP contribution in [0.3, 0.4) is 0 Å². The Morgan fingerprint density at radius 2 is 1.29 bits per heavy atom. The van der Waals surface area contributed by atoms with Crippen LogP contribution < -0.4 is 5.73 Å². The van der Waals surface area contributed by atoms with Crippen LogP contribution >= 0.6 is 7.82 Å². The Kier molecular flexibility index (Phi) is 35.8. The van der Waals surface area contributed by atoms with Crippen LogP contribution in [0.2, 0.25) is 0 Å². The summed E-state index contributed by atoms with van der Waals surface area (Å²) >= 11 is 0. The summed E-state index contributed by atoms with van der Waals surface area (Å²) in [6.45, 7) is 3.45. The van der Waals surface area contributed by atoms with Gasteiger partial charge in [-0.1, -0.05) is 140 Å². The summed E-state index contributed by atoms with van der Waals surface area (Å²) in [4.78, 5) is 34.8. The van der Waals surface area contributed by atoms with Crippen LogP contribution in [-0.2, 0) is 32.7 Å². The number of carbonyl (C=O) groups is 2. The lowest BCUT2D eigenvalue weighted by Crippen LogP contribution is -2.29. The third-order valence-electron chi connectivity index (χ3n) is 8.30. The van der Waals surface area contributed by atoms with Crippen LogP contribution in [0.25, 0.3) is 0 Å². The average Bonchev–Trinajstić information content (AvgIpc) is 3.12. The molecular formula is C41H74NO9P. The Balaban J connectivity index is 4.29. The number of ether oxygens (including phenoxy) is 2. The predicted octanol–water partition coefficient (Wildman–Crippen LogP) is 10.1. The highest BCUT2D eigenvalue weighted by Crippen LogP contribution is 2.43. The molecule has 0 bridgehead atoms. The van der Waals surface area contributed by atoms with Crippen molar-refractivity contribution in [3.63, 3.8) is 0 Å². The molecule has 302 valence electrons. The van der Waals surface area contributed by atoms with Gasteiger partial charge in [0.1, 0.15) is 6.61 Å². The highest BCUT2D eigenvalue weighted by Gasteiger charge is 2.26. The van der Waals surface area contributed by atoms with Crippen molar-refractivity contribution >= 4 is 19.8 Å². The number of esters is 2. The van der Waals surface area contributed by atoms with E-state index in [1.54, 1.807) is 6.08 Å². The van der Waals surface area contributed by atoms with Gasteiger partial charge in [0.05, 0.1) is 19.3 Å². The number of phosphoric ester groups is 1. The molecule has 0 aliphatic carbocycles. The highest BCUT2D eigenvalue weighted by atomic mass is 31.2. The summed E-state index contributed by atoms with van der Waals surface area (Å²) in [6.07, 6.45) is 37.3. The first kappa shape index (κ1) is 49.9. The number of aliphatic hydroxyl groups excluding tert-OH is 1. The van der Waals surface area contributed by atoms with E-state index in [9.17, 15) is 24.2 Å². The third kappa shape index (κ3) is 36.3. The molecular weight excluding hydrogens is 681 g/mol. The van der Waals surface area contributed by atoms with Crippen molar-refractivity contribution in [1.29, 1.82) is 0 Å². The van der Waals surface area contributed by atoms with Gasteiger partial charge >= 0.3 is 19.8 Å². The van der Waals surface area contributed by atoms with E-state index in [1.807, 2.05) is 18.2 Å². The Morgan fingerprint density at radius 3 is 1.92 bits per heavy atom. The molecule has 0 spiro atoms. The van der Waals surface area contributed by atoms with E-state index in [-0.39, 0.29) is 32.6 Å². The minimum atomic E-state index is -4.40. The van der Waals surface area contributed by atoms with Crippen LogP contribution in [0.4, 0.5) is 0 Å². The van der Waals surface area contributed by atoms with Crippen LogP contribution in [0.5, 0.6) is 0 Å². The van der Waals surface area contributed by atoms with Crippen molar-refractivity contribution in [3.8, 4) is 0 Å². The molecule has 0 heterocycles. The summed E-state index contributed by atoms with van der Waals surface area (Å²) in [5.74, 6) is -0.913. The van der Waals surface area contributed by atoms with Crippen molar-refractivity contribution in [3.05, 3.63) is 48.6 Å². The van der Waals surface area contributed by atoms with Crippen molar-refractivity contribution < 1.29 is 42.7 Å². The number of nitrogens with two attached hydrogens (primary N) is 1. The van der Waals surface area contributed by atoms with Gasteiger partial charge in [0, 0.05) is 19.4 Å². The van der Waals surface area contributed by atoms with E-state index in [4.69, 9.17) is 24.3 Å². The van der Waals surface area contributed by atoms with Gasteiger partial charge in [-0.05, 0) is 57.8 Å². The summed E-state index contributed by atoms with van der Waals surface area (Å²) in [5.41, 5.74) is 5.33. The number of hydrogen-bond donors (Lipinski definition) is 3. The quantitative estimate of drug-likeness (QED) is 0.0183. The summed E-state index contributed by atoms with van der Waals surface area (Å²) in [6, 6.07) is 0. The standard InChI is InChI=1S/C41H74NO9P/c1-3-5-7-9-11-12-13-14-15-16-17-18-20-24-28-32-40(44)48-36-39(37-50-52(46,47)49-35-34-42)51-41(45)33-29-25-21-23-27-31-38(43)30-26-22-19-10-8-6-4-2/h6,8,12-13,19,22,26,30,38-39,43H,3-5,7,9-11,14-18,20-21,23-25,27-29,31-37,42H2,1-2H3,(H,46,47)/b8-6+,13-12-,22-19+,30-26+/t38?,39-/m1/s1. The van der Waals surface area contributed by atoms with E-state index >= 15 is 0 Å². The van der Waals surface area contributed by atoms with Crippen LogP contribution in [-0.4, -0.2) is 60.5 Å². The molecule has 4 N–H and O–H groups in total. The Labute approximate surface area is 316 Å². The first-order valence-corrected chi connectivity index (χ1v) is 21.7. The second-order valence-corrected chi connectivity index (χ2v) is 14.8. The summed E-state index contributed by atoms with van der Waals surface area (Å²) < 4.78 is 32.6. The van der Waals surface area contributed by atoms with E-state index in [1.165, 1.54) is 51.4 Å². The number of hydrogen-bond acceptors (Lipinski definition) is 9. The topological polar surface area (TPSA) is 155 Å². The van der Waals surface area contributed by atoms with Gasteiger partial charge in [-0.25, -0.2) is 4.57 Å². The first-order valence-electron chi connectivity index (χ1n) is 20.2. The molecule has 0 radical (unpaired) electrons. The minimum Gasteiger partial charge on any atom is -0.462 e. The fraction of sp³-hybridized carbons (Fsp3) is 0.756. The Bertz CT molecular complexity index is 1010. The number of aliphatic hydroxyl groups is 1. The van der Waals surface area contributed by atoms with Gasteiger partial charge in [-0.3, -0.25) is 18.6 Å². The minimum absolute atomic E-state index is 0.0352. The fourth-order valence-electron chi connectivity index (χ4n) is 5.28. The molecule has 0 rings (SSSR count). The normalized spacial score (nSPS) is 14.5. The molecule has 52 heavy (non-hydrogen) atoms. The maximum Gasteiger partial charge on any atom is 0.472 e. The lowest BCUT2D eigenvalue weighted by molar-refractivity contribution is -0.161. The monoisotopic (exact) mass is 756 g/mol. The molecule has 0 aliphatic heterocycles. The van der Waals surface area contributed by atoms with E-state index in [0.717, 1.165) is 64.2 Å². The molecule has 11 heteroatoms. The van der Waals surface area contributed by atoms with Crippen LogP contribution in [0.1, 0.15) is 162 Å².